The van der Waals surface area contributed by atoms with Crippen LogP contribution in [0.3, 0.4) is 0 Å². The van der Waals surface area contributed by atoms with E-state index in [1.807, 2.05) is 0 Å². The highest BCUT2D eigenvalue weighted by Crippen LogP contribution is 2.29. The molecule has 2 aromatic carbocycles. The van der Waals surface area contributed by atoms with Gasteiger partial charge in [-0.25, -0.2) is 4.79 Å². The molecule has 0 saturated heterocycles. The van der Waals surface area contributed by atoms with Crippen molar-refractivity contribution in [3.63, 3.8) is 0 Å². The van der Waals surface area contributed by atoms with Crippen molar-refractivity contribution < 1.29 is 37.0 Å². The smallest absolute Gasteiger partial charge is 0.416 e. The number of amides is 1. The van der Waals surface area contributed by atoms with Gasteiger partial charge in [0.15, 0.2) is 19.0 Å². The number of nitrogens with one attached hydrogen (secondary N) is 1. The molecule has 0 spiro atoms. The second-order valence-electron chi connectivity index (χ2n) is 5.64. The van der Waals surface area contributed by atoms with Gasteiger partial charge < -0.3 is 14.8 Å². The van der Waals surface area contributed by atoms with Crippen molar-refractivity contribution in [2.24, 2.45) is 0 Å². The van der Waals surface area contributed by atoms with Crippen molar-refractivity contribution >= 4 is 23.9 Å². The summed E-state index contributed by atoms with van der Waals surface area (Å²) in [7, 11) is 0. The number of esters is 1. The SMILES string of the molecule is C[C@@H](OC(=O)COc1ccccc1C=O)C(=O)Nc1ccc(C(F)(F)F)cc1. The fourth-order valence-electron chi connectivity index (χ4n) is 2.12. The molecule has 1 amide bonds. The third-order valence-corrected chi connectivity index (χ3v) is 3.55. The average Bonchev–Trinajstić information content (AvgIpc) is 2.66. The number of benzene rings is 2. The fourth-order valence-corrected chi connectivity index (χ4v) is 2.12. The fraction of sp³-hybridized carbons (Fsp3) is 0.211. The summed E-state index contributed by atoms with van der Waals surface area (Å²) in [6.45, 7) is 0.777. The second-order valence-corrected chi connectivity index (χ2v) is 5.64. The molecule has 1 atom stereocenters. The zero-order valence-corrected chi connectivity index (χ0v) is 14.7. The molecule has 6 nitrogen and oxygen atoms in total. The zero-order valence-electron chi connectivity index (χ0n) is 14.7. The number of carbonyl (C=O) groups is 3. The maximum absolute atomic E-state index is 12.5. The maximum atomic E-state index is 12.5. The molecule has 0 radical (unpaired) electrons. The highest BCUT2D eigenvalue weighted by atomic mass is 19.4. The van der Waals surface area contributed by atoms with Crippen LogP contribution in [0.5, 0.6) is 5.75 Å². The number of para-hydroxylation sites is 1. The predicted octanol–water partition coefficient (Wildman–Crippen LogP) is 3.47. The molecule has 2 rings (SSSR count). The number of ether oxygens (including phenoxy) is 2. The van der Waals surface area contributed by atoms with Gasteiger partial charge in [-0.1, -0.05) is 12.1 Å². The van der Waals surface area contributed by atoms with E-state index in [0.29, 0.717) is 6.29 Å². The highest BCUT2D eigenvalue weighted by molar-refractivity contribution is 5.95. The van der Waals surface area contributed by atoms with Crippen LogP contribution in [0, 0.1) is 0 Å². The summed E-state index contributed by atoms with van der Waals surface area (Å²) in [6.07, 6.45) is -5.12. The van der Waals surface area contributed by atoms with Gasteiger partial charge in [-0.3, -0.25) is 9.59 Å². The minimum Gasteiger partial charge on any atom is -0.481 e. The van der Waals surface area contributed by atoms with E-state index in [2.05, 4.69) is 5.32 Å². The predicted molar refractivity (Wildman–Crippen MR) is 93.0 cm³/mol. The molecule has 1 N–H and O–H groups in total. The van der Waals surface area contributed by atoms with Crippen LogP contribution in [-0.2, 0) is 20.5 Å². The Balaban J connectivity index is 1.86. The van der Waals surface area contributed by atoms with Crippen LogP contribution in [0.4, 0.5) is 18.9 Å². The molecule has 148 valence electrons. The first-order valence-electron chi connectivity index (χ1n) is 8.05. The first-order chi connectivity index (χ1) is 13.2. The lowest BCUT2D eigenvalue weighted by Gasteiger charge is -2.14. The summed E-state index contributed by atoms with van der Waals surface area (Å²) in [6, 6.07) is 10.1. The molecule has 9 heteroatoms. The quantitative estimate of drug-likeness (QED) is 0.574. The molecular weight excluding hydrogens is 379 g/mol. The van der Waals surface area contributed by atoms with Crippen LogP contribution in [0.25, 0.3) is 0 Å². The molecular formula is C19H16F3NO5. The van der Waals surface area contributed by atoms with Crippen molar-refractivity contribution in [2.45, 2.75) is 19.2 Å². The number of hydrogen-bond acceptors (Lipinski definition) is 5. The Morgan fingerprint density at radius 3 is 2.36 bits per heavy atom. The van der Waals surface area contributed by atoms with Crippen LogP contribution in [0.2, 0.25) is 0 Å². The van der Waals surface area contributed by atoms with Crippen molar-refractivity contribution in [3.8, 4) is 5.75 Å². The standard InChI is InChI=1S/C19H16F3NO5/c1-12(18(26)23-15-8-6-14(7-9-15)19(20,21)22)28-17(25)11-27-16-5-3-2-4-13(16)10-24/h2-10,12H,11H2,1H3,(H,23,26)/t12-/m1/s1. The van der Waals surface area contributed by atoms with Crippen molar-refractivity contribution in [1.82, 2.24) is 0 Å². The molecule has 0 aliphatic carbocycles. The molecule has 28 heavy (non-hydrogen) atoms. The maximum Gasteiger partial charge on any atom is 0.416 e. The van der Waals surface area contributed by atoms with Gasteiger partial charge in [0.25, 0.3) is 5.91 Å². The Hall–Kier alpha value is -3.36. The summed E-state index contributed by atoms with van der Waals surface area (Å²) in [5.41, 5.74) is -0.474. The number of hydrogen-bond donors (Lipinski definition) is 1. The Bertz CT molecular complexity index is 849. The van der Waals surface area contributed by atoms with E-state index in [0.717, 1.165) is 24.3 Å². The second kappa shape index (κ2) is 9.03. The minimum absolute atomic E-state index is 0.122. The third-order valence-electron chi connectivity index (χ3n) is 3.55. The summed E-state index contributed by atoms with van der Waals surface area (Å²) in [5, 5.41) is 2.35. The molecule has 2 aromatic rings. The lowest BCUT2D eigenvalue weighted by Crippen LogP contribution is -2.31. The van der Waals surface area contributed by atoms with E-state index in [4.69, 9.17) is 9.47 Å². The van der Waals surface area contributed by atoms with Gasteiger partial charge >= 0.3 is 12.1 Å². The highest BCUT2D eigenvalue weighted by Gasteiger charge is 2.30. The monoisotopic (exact) mass is 395 g/mol. The molecule has 0 saturated carbocycles. The van der Waals surface area contributed by atoms with E-state index >= 15 is 0 Å². The minimum atomic E-state index is -4.48. The summed E-state index contributed by atoms with van der Waals surface area (Å²) in [4.78, 5) is 34.7. The normalized spacial score (nSPS) is 12.0. The van der Waals surface area contributed by atoms with Crippen molar-refractivity contribution in [2.75, 3.05) is 11.9 Å². The van der Waals surface area contributed by atoms with E-state index in [1.54, 1.807) is 12.1 Å². The Labute approximate surface area is 158 Å². The molecule has 0 unspecified atom stereocenters. The molecule has 0 aliphatic rings. The first-order valence-corrected chi connectivity index (χ1v) is 8.05. The van der Waals surface area contributed by atoms with E-state index in [1.165, 1.54) is 19.1 Å². The van der Waals surface area contributed by atoms with E-state index < -0.39 is 36.3 Å². The zero-order chi connectivity index (χ0) is 20.7. The summed E-state index contributed by atoms with van der Waals surface area (Å²) in [5.74, 6) is -1.38. The topological polar surface area (TPSA) is 81.7 Å². The number of carbonyl (C=O) groups excluding carboxylic acids is 3. The van der Waals surface area contributed by atoms with E-state index in [9.17, 15) is 27.6 Å². The first kappa shape index (κ1) is 20.9. The van der Waals surface area contributed by atoms with Crippen LogP contribution >= 0.6 is 0 Å². The largest absolute Gasteiger partial charge is 0.481 e. The van der Waals surface area contributed by atoms with Gasteiger partial charge in [-0.15, -0.1) is 0 Å². The number of aldehydes is 1. The van der Waals surface area contributed by atoms with Gasteiger partial charge in [0.2, 0.25) is 0 Å². The molecule has 0 aromatic heterocycles. The number of anilines is 1. The molecule has 0 aliphatic heterocycles. The third kappa shape index (κ3) is 5.83. The van der Waals surface area contributed by atoms with Gasteiger partial charge in [-0.2, -0.15) is 13.2 Å². The van der Waals surface area contributed by atoms with Crippen LogP contribution < -0.4 is 10.1 Å². The van der Waals surface area contributed by atoms with Gasteiger partial charge in [0.05, 0.1) is 11.1 Å². The molecule has 0 heterocycles. The van der Waals surface area contributed by atoms with Crippen LogP contribution in [0.15, 0.2) is 48.5 Å². The lowest BCUT2D eigenvalue weighted by atomic mass is 10.2. The van der Waals surface area contributed by atoms with Crippen molar-refractivity contribution in [3.05, 3.63) is 59.7 Å². The molecule has 0 fully saturated rings. The molecule has 0 bridgehead atoms. The summed E-state index contributed by atoms with van der Waals surface area (Å²) < 4.78 is 47.7. The van der Waals surface area contributed by atoms with Crippen LogP contribution in [0.1, 0.15) is 22.8 Å². The summed E-state index contributed by atoms with van der Waals surface area (Å²) >= 11 is 0. The number of rotatable bonds is 7. The van der Waals surface area contributed by atoms with Gasteiger partial charge in [0, 0.05) is 5.69 Å². The van der Waals surface area contributed by atoms with Gasteiger partial charge in [-0.05, 0) is 43.3 Å². The number of alkyl halides is 3. The Morgan fingerprint density at radius 1 is 1.11 bits per heavy atom. The Kier molecular flexibility index (Phi) is 6.75. The Morgan fingerprint density at radius 2 is 1.75 bits per heavy atom. The number of halogens is 3. The van der Waals surface area contributed by atoms with Crippen LogP contribution in [-0.4, -0.2) is 30.9 Å². The lowest BCUT2D eigenvalue weighted by molar-refractivity contribution is -0.155. The average molecular weight is 395 g/mol. The van der Waals surface area contributed by atoms with Gasteiger partial charge in [0.1, 0.15) is 5.75 Å². The van der Waals surface area contributed by atoms with Crippen molar-refractivity contribution in [1.29, 1.82) is 0 Å². The van der Waals surface area contributed by atoms with E-state index in [-0.39, 0.29) is 17.0 Å².